The smallest absolute Gasteiger partial charge is 0.249 e. The standard InChI is InChI=1S/C20H17ClN2OS2/c1-12-2-8-15-16(10-12)20(25)26-19(17(15)11-22)23-18(24)9-5-13-3-6-14(21)7-4-13/h3-7,9,12H,2,8,10H2,1H3,(H,23,24)/b9-5+. The minimum absolute atomic E-state index is 0.286. The molecule has 3 rings (SSSR count). The fourth-order valence-electron chi connectivity index (χ4n) is 3.05. The van der Waals surface area contributed by atoms with E-state index in [4.69, 9.17) is 23.8 Å². The Morgan fingerprint density at radius 1 is 1.38 bits per heavy atom. The van der Waals surface area contributed by atoms with E-state index in [-0.39, 0.29) is 5.91 Å². The molecular formula is C20H17ClN2OS2. The van der Waals surface area contributed by atoms with Gasteiger partial charge in [-0.25, -0.2) is 0 Å². The topological polar surface area (TPSA) is 52.9 Å². The second kappa shape index (κ2) is 8.13. The summed E-state index contributed by atoms with van der Waals surface area (Å²) in [6, 6.07) is 9.46. The maximum absolute atomic E-state index is 12.3. The third-order valence-corrected chi connectivity index (χ3v) is 6.11. The SMILES string of the molecule is CC1CCc2c(C#N)c(NC(=O)/C=C/c3ccc(Cl)cc3)sc(=S)c2C1. The minimum atomic E-state index is -0.286. The molecule has 2 aromatic rings. The molecule has 0 bridgehead atoms. The number of anilines is 1. The van der Waals surface area contributed by atoms with Gasteiger partial charge in [0.2, 0.25) is 5.91 Å². The molecule has 1 unspecified atom stereocenters. The van der Waals surface area contributed by atoms with Crippen molar-refractivity contribution in [1.82, 2.24) is 0 Å². The van der Waals surface area contributed by atoms with Gasteiger partial charge in [-0.15, -0.1) is 11.3 Å². The normalized spacial score (nSPS) is 16.1. The van der Waals surface area contributed by atoms with Crippen molar-refractivity contribution < 1.29 is 4.79 Å². The number of halogens is 1. The molecule has 3 nitrogen and oxygen atoms in total. The molecule has 1 atom stereocenters. The first-order chi connectivity index (χ1) is 12.5. The number of fused-ring (bicyclic) bond motifs is 1. The van der Waals surface area contributed by atoms with Crippen LogP contribution in [0.2, 0.25) is 5.02 Å². The Labute approximate surface area is 166 Å². The molecule has 26 heavy (non-hydrogen) atoms. The molecule has 1 aliphatic carbocycles. The monoisotopic (exact) mass is 400 g/mol. The second-order valence-corrected chi connectivity index (χ2v) is 8.51. The number of hydrogen-bond donors (Lipinski definition) is 1. The average Bonchev–Trinajstić information content (AvgIpc) is 2.62. The van der Waals surface area contributed by atoms with Crippen molar-refractivity contribution in [2.75, 3.05) is 5.32 Å². The Morgan fingerprint density at radius 2 is 2.12 bits per heavy atom. The highest BCUT2D eigenvalue weighted by molar-refractivity contribution is 7.73. The van der Waals surface area contributed by atoms with Crippen LogP contribution in [0.3, 0.4) is 0 Å². The van der Waals surface area contributed by atoms with Gasteiger partial charge < -0.3 is 5.32 Å². The van der Waals surface area contributed by atoms with Gasteiger partial charge in [-0.05, 0) is 60.1 Å². The minimum Gasteiger partial charge on any atom is -0.313 e. The molecule has 0 spiro atoms. The molecular weight excluding hydrogens is 384 g/mol. The highest BCUT2D eigenvalue weighted by atomic mass is 35.5. The van der Waals surface area contributed by atoms with E-state index in [0.717, 1.165) is 39.8 Å². The van der Waals surface area contributed by atoms with Crippen LogP contribution in [0.4, 0.5) is 5.00 Å². The predicted molar refractivity (Wildman–Crippen MR) is 110 cm³/mol. The fourth-order valence-corrected chi connectivity index (χ4v) is 4.57. The molecule has 0 saturated heterocycles. The third-order valence-electron chi connectivity index (χ3n) is 4.42. The van der Waals surface area contributed by atoms with Gasteiger partial charge in [0.1, 0.15) is 11.1 Å². The number of carbonyl (C=O) groups excluding carboxylic acids is 1. The quantitative estimate of drug-likeness (QED) is 0.524. The molecule has 1 amide bonds. The highest BCUT2D eigenvalue weighted by Gasteiger charge is 2.23. The summed E-state index contributed by atoms with van der Waals surface area (Å²) in [4.78, 5) is 12.3. The van der Waals surface area contributed by atoms with Crippen molar-refractivity contribution >= 4 is 52.1 Å². The summed E-state index contributed by atoms with van der Waals surface area (Å²) in [5.74, 6) is 0.289. The first-order valence-electron chi connectivity index (χ1n) is 8.31. The van der Waals surface area contributed by atoms with Gasteiger partial charge in [0.25, 0.3) is 0 Å². The lowest BCUT2D eigenvalue weighted by molar-refractivity contribution is -0.111. The number of nitriles is 1. The summed E-state index contributed by atoms with van der Waals surface area (Å²) < 4.78 is 0.766. The summed E-state index contributed by atoms with van der Waals surface area (Å²) in [6.07, 6.45) is 5.93. The van der Waals surface area contributed by atoms with Crippen molar-refractivity contribution in [3.63, 3.8) is 0 Å². The molecule has 0 saturated carbocycles. The molecule has 1 aromatic heterocycles. The van der Waals surface area contributed by atoms with Crippen LogP contribution in [0, 0.1) is 21.1 Å². The van der Waals surface area contributed by atoms with Crippen molar-refractivity contribution in [3.8, 4) is 6.07 Å². The Hall–Kier alpha value is -2.00. The van der Waals surface area contributed by atoms with Crippen LogP contribution in [0.1, 0.15) is 35.6 Å². The summed E-state index contributed by atoms with van der Waals surface area (Å²) >= 11 is 12.7. The fraction of sp³-hybridized carbons (Fsp3) is 0.250. The van der Waals surface area contributed by atoms with Crippen LogP contribution < -0.4 is 5.32 Å². The van der Waals surface area contributed by atoms with E-state index in [2.05, 4.69) is 18.3 Å². The number of rotatable bonds is 3. The van der Waals surface area contributed by atoms with Crippen molar-refractivity contribution in [2.45, 2.75) is 26.2 Å². The zero-order valence-electron chi connectivity index (χ0n) is 14.2. The van der Waals surface area contributed by atoms with Gasteiger partial charge in [0.15, 0.2) is 0 Å². The van der Waals surface area contributed by atoms with Gasteiger partial charge in [0, 0.05) is 11.1 Å². The average molecular weight is 401 g/mol. The van der Waals surface area contributed by atoms with Crippen LogP contribution in [0.25, 0.3) is 6.08 Å². The summed E-state index contributed by atoms with van der Waals surface area (Å²) in [7, 11) is 0. The molecule has 0 fully saturated rings. The number of carbonyl (C=O) groups is 1. The number of benzene rings is 1. The summed E-state index contributed by atoms with van der Waals surface area (Å²) in [6.45, 7) is 2.20. The highest BCUT2D eigenvalue weighted by Crippen LogP contribution is 2.35. The molecule has 1 aliphatic rings. The molecule has 6 heteroatoms. The summed E-state index contributed by atoms with van der Waals surface area (Å²) in [5.41, 5.74) is 3.54. The van der Waals surface area contributed by atoms with Crippen molar-refractivity contribution in [2.24, 2.45) is 5.92 Å². The lowest BCUT2D eigenvalue weighted by Crippen LogP contribution is -2.15. The van der Waals surface area contributed by atoms with E-state index in [0.29, 0.717) is 21.5 Å². The third kappa shape index (κ3) is 4.21. The van der Waals surface area contributed by atoms with Gasteiger partial charge >= 0.3 is 0 Å². The van der Waals surface area contributed by atoms with Crippen LogP contribution >= 0.6 is 35.2 Å². The molecule has 1 aromatic carbocycles. The van der Waals surface area contributed by atoms with E-state index in [1.54, 1.807) is 18.2 Å². The van der Waals surface area contributed by atoms with Gasteiger partial charge in [-0.3, -0.25) is 4.79 Å². The Kier molecular flexibility index (Phi) is 5.87. The van der Waals surface area contributed by atoms with Crippen LogP contribution in [0.5, 0.6) is 0 Å². The first-order valence-corrected chi connectivity index (χ1v) is 9.91. The second-order valence-electron chi connectivity index (χ2n) is 6.38. The number of hydrogen-bond acceptors (Lipinski definition) is 4. The number of nitrogens with zero attached hydrogens (tertiary/aromatic N) is 1. The lowest BCUT2D eigenvalue weighted by Gasteiger charge is -2.23. The molecule has 132 valence electrons. The number of amides is 1. The first kappa shape index (κ1) is 18.8. The van der Waals surface area contributed by atoms with Gasteiger partial charge in [-0.1, -0.05) is 42.9 Å². The van der Waals surface area contributed by atoms with Crippen LogP contribution in [-0.2, 0) is 17.6 Å². The zero-order valence-corrected chi connectivity index (χ0v) is 16.6. The van der Waals surface area contributed by atoms with Crippen LogP contribution in [-0.4, -0.2) is 5.91 Å². The van der Waals surface area contributed by atoms with E-state index in [1.165, 1.54) is 17.4 Å². The zero-order chi connectivity index (χ0) is 18.7. The van der Waals surface area contributed by atoms with E-state index in [9.17, 15) is 10.1 Å². The van der Waals surface area contributed by atoms with Gasteiger partial charge in [0.05, 0.1) is 9.39 Å². The molecule has 1 heterocycles. The molecule has 1 N–H and O–H groups in total. The van der Waals surface area contributed by atoms with E-state index < -0.39 is 0 Å². The predicted octanol–water partition coefficient (Wildman–Crippen LogP) is 5.78. The Bertz CT molecular complexity index is 971. The largest absolute Gasteiger partial charge is 0.313 e. The van der Waals surface area contributed by atoms with Crippen molar-refractivity contribution in [1.29, 1.82) is 5.26 Å². The summed E-state index contributed by atoms with van der Waals surface area (Å²) in [5, 5.41) is 13.6. The van der Waals surface area contributed by atoms with E-state index in [1.807, 2.05) is 12.1 Å². The maximum Gasteiger partial charge on any atom is 0.249 e. The molecule has 0 aliphatic heterocycles. The Morgan fingerprint density at radius 3 is 2.81 bits per heavy atom. The maximum atomic E-state index is 12.3. The van der Waals surface area contributed by atoms with Crippen LogP contribution in [0.15, 0.2) is 30.3 Å². The van der Waals surface area contributed by atoms with Gasteiger partial charge in [-0.2, -0.15) is 5.26 Å². The Balaban J connectivity index is 1.84. The molecule has 0 radical (unpaired) electrons. The number of nitrogens with one attached hydrogen (secondary N) is 1. The lowest BCUT2D eigenvalue weighted by atomic mass is 9.85. The van der Waals surface area contributed by atoms with E-state index >= 15 is 0 Å². The van der Waals surface area contributed by atoms with Crippen molar-refractivity contribution in [3.05, 3.63) is 61.4 Å².